The summed E-state index contributed by atoms with van der Waals surface area (Å²) in [7, 11) is 0. The van der Waals surface area contributed by atoms with Gasteiger partial charge >= 0.3 is 0 Å². The molecule has 2 nitrogen and oxygen atoms in total. The topological polar surface area (TPSA) is 15.3 Å². The Hall–Kier alpha value is -0.730. The van der Waals surface area contributed by atoms with E-state index < -0.39 is 0 Å². The van der Waals surface area contributed by atoms with Gasteiger partial charge in [0.1, 0.15) is 0 Å². The maximum absolute atomic E-state index is 6.41. The Labute approximate surface area is 129 Å². The summed E-state index contributed by atoms with van der Waals surface area (Å²) in [5.41, 5.74) is 2.51. The van der Waals surface area contributed by atoms with Crippen LogP contribution < -0.4 is 10.2 Å². The number of benzene rings is 1. The van der Waals surface area contributed by atoms with E-state index in [4.69, 9.17) is 11.6 Å². The molecule has 0 bridgehead atoms. The Morgan fingerprint density at radius 3 is 2.55 bits per heavy atom. The van der Waals surface area contributed by atoms with Gasteiger partial charge in [0.2, 0.25) is 0 Å². The maximum Gasteiger partial charge on any atom is 0.0471 e. The number of rotatable bonds is 9. The highest BCUT2D eigenvalue weighted by molar-refractivity contribution is 6.31. The van der Waals surface area contributed by atoms with Crippen molar-refractivity contribution in [2.24, 2.45) is 0 Å². The summed E-state index contributed by atoms with van der Waals surface area (Å²) in [6, 6.07) is 6.74. The zero-order valence-corrected chi connectivity index (χ0v) is 14.1. The van der Waals surface area contributed by atoms with E-state index in [9.17, 15) is 0 Å². The third kappa shape index (κ3) is 4.99. The Morgan fingerprint density at radius 1 is 1.20 bits per heavy atom. The number of anilines is 1. The lowest BCUT2D eigenvalue weighted by Crippen LogP contribution is -2.33. The third-order valence-corrected chi connectivity index (χ3v) is 3.94. The molecule has 1 aromatic rings. The fraction of sp³-hybridized carbons (Fsp3) is 0.647. The van der Waals surface area contributed by atoms with E-state index in [1.165, 1.54) is 30.5 Å². The van der Waals surface area contributed by atoms with Crippen LogP contribution in [0.3, 0.4) is 0 Å². The predicted molar refractivity (Wildman–Crippen MR) is 90.8 cm³/mol. The van der Waals surface area contributed by atoms with Crippen molar-refractivity contribution in [3.05, 3.63) is 28.8 Å². The van der Waals surface area contributed by atoms with Gasteiger partial charge < -0.3 is 10.2 Å². The van der Waals surface area contributed by atoms with Gasteiger partial charge in [-0.15, -0.1) is 0 Å². The van der Waals surface area contributed by atoms with Gasteiger partial charge in [-0.25, -0.2) is 0 Å². The van der Waals surface area contributed by atoms with Crippen molar-refractivity contribution >= 4 is 17.3 Å². The molecular formula is C17H29ClN2. The van der Waals surface area contributed by atoms with Crippen LogP contribution in [0.1, 0.15) is 52.5 Å². The van der Waals surface area contributed by atoms with Crippen LogP contribution in [0.5, 0.6) is 0 Å². The van der Waals surface area contributed by atoms with Crippen molar-refractivity contribution in [1.82, 2.24) is 5.32 Å². The Kier molecular flexibility index (Phi) is 8.01. The van der Waals surface area contributed by atoms with Gasteiger partial charge in [0.05, 0.1) is 0 Å². The lowest BCUT2D eigenvalue weighted by atomic mass is 10.1. The number of halogens is 1. The Morgan fingerprint density at radius 2 is 1.95 bits per heavy atom. The van der Waals surface area contributed by atoms with Gasteiger partial charge in [-0.05, 0) is 38.9 Å². The first kappa shape index (κ1) is 17.3. The van der Waals surface area contributed by atoms with Crippen LogP contribution in [0.25, 0.3) is 0 Å². The molecule has 114 valence electrons. The van der Waals surface area contributed by atoms with Crippen molar-refractivity contribution in [3.63, 3.8) is 0 Å². The van der Waals surface area contributed by atoms with Crippen LogP contribution in [0, 0.1) is 0 Å². The number of nitrogens with one attached hydrogen (secondary N) is 1. The van der Waals surface area contributed by atoms with E-state index >= 15 is 0 Å². The molecule has 0 aromatic heterocycles. The fourth-order valence-corrected chi connectivity index (χ4v) is 2.67. The Bertz CT molecular complexity index is 391. The molecule has 0 amide bonds. The minimum atomic E-state index is 0.491. The van der Waals surface area contributed by atoms with Crippen LogP contribution in [-0.2, 0) is 6.54 Å². The molecule has 3 heteroatoms. The molecule has 0 fully saturated rings. The number of hydrogen-bond acceptors (Lipinski definition) is 2. The van der Waals surface area contributed by atoms with Crippen LogP contribution >= 0.6 is 11.6 Å². The van der Waals surface area contributed by atoms with Gasteiger partial charge in [0.25, 0.3) is 0 Å². The molecule has 0 spiro atoms. The second-order valence-corrected chi connectivity index (χ2v) is 5.92. The van der Waals surface area contributed by atoms with E-state index in [2.05, 4.69) is 50.0 Å². The lowest BCUT2D eigenvalue weighted by molar-refractivity contribution is 0.620. The van der Waals surface area contributed by atoms with Crippen molar-refractivity contribution in [1.29, 1.82) is 0 Å². The van der Waals surface area contributed by atoms with Gasteiger partial charge in [0, 0.05) is 35.4 Å². The number of nitrogens with zero attached hydrogens (tertiary/aromatic N) is 1. The average Bonchev–Trinajstić information content (AvgIpc) is 2.42. The molecule has 20 heavy (non-hydrogen) atoms. The highest BCUT2D eigenvalue weighted by atomic mass is 35.5. The van der Waals surface area contributed by atoms with Crippen LogP contribution in [0.2, 0.25) is 5.02 Å². The monoisotopic (exact) mass is 296 g/mol. The normalized spacial score (nSPS) is 11.1. The summed E-state index contributed by atoms with van der Waals surface area (Å²) in [5, 5.41) is 4.26. The van der Waals surface area contributed by atoms with Gasteiger partial charge in [-0.2, -0.15) is 0 Å². The molecule has 1 N–H and O–H groups in total. The molecule has 0 atom stereocenters. The SMILES string of the molecule is CCCCCN(c1cccc(Cl)c1CNCC)C(C)C. The number of unbranched alkanes of at least 4 members (excludes halogenated alkanes) is 2. The molecule has 0 saturated heterocycles. The first-order chi connectivity index (χ1) is 9.61. The molecule has 0 aliphatic carbocycles. The van der Waals surface area contributed by atoms with E-state index in [0.29, 0.717) is 6.04 Å². The van der Waals surface area contributed by atoms with Gasteiger partial charge in [0.15, 0.2) is 0 Å². The summed E-state index contributed by atoms with van der Waals surface area (Å²) in [4.78, 5) is 2.48. The molecule has 0 aliphatic rings. The number of hydrogen-bond donors (Lipinski definition) is 1. The van der Waals surface area contributed by atoms with Crippen molar-refractivity contribution in [2.75, 3.05) is 18.0 Å². The summed E-state index contributed by atoms with van der Waals surface area (Å²) in [6.07, 6.45) is 3.78. The first-order valence-electron chi connectivity index (χ1n) is 7.86. The van der Waals surface area contributed by atoms with Crippen LogP contribution in [0.4, 0.5) is 5.69 Å². The molecule has 0 heterocycles. The molecule has 0 unspecified atom stereocenters. The smallest absolute Gasteiger partial charge is 0.0471 e. The third-order valence-electron chi connectivity index (χ3n) is 3.58. The van der Waals surface area contributed by atoms with Crippen molar-refractivity contribution in [2.45, 2.75) is 59.5 Å². The highest BCUT2D eigenvalue weighted by Crippen LogP contribution is 2.29. The maximum atomic E-state index is 6.41. The molecule has 0 saturated carbocycles. The molecule has 1 rings (SSSR count). The summed E-state index contributed by atoms with van der Waals surface area (Å²) in [5.74, 6) is 0. The second-order valence-electron chi connectivity index (χ2n) is 5.51. The van der Waals surface area contributed by atoms with E-state index in [1.807, 2.05) is 6.07 Å². The van der Waals surface area contributed by atoms with E-state index in [-0.39, 0.29) is 0 Å². The van der Waals surface area contributed by atoms with Crippen LogP contribution in [-0.4, -0.2) is 19.1 Å². The fourth-order valence-electron chi connectivity index (χ4n) is 2.43. The summed E-state index contributed by atoms with van der Waals surface area (Å²) < 4.78 is 0. The Balaban J connectivity index is 2.96. The molecule has 0 radical (unpaired) electrons. The van der Waals surface area contributed by atoms with Gasteiger partial charge in [-0.3, -0.25) is 0 Å². The zero-order valence-electron chi connectivity index (χ0n) is 13.4. The minimum absolute atomic E-state index is 0.491. The molecule has 0 aliphatic heterocycles. The predicted octanol–water partition coefficient (Wildman–Crippen LogP) is 4.85. The molecular weight excluding hydrogens is 268 g/mol. The zero-order chi connectivity index (χ0) is 15.0. The van der Waals surface area contributed by atoms with Crippen molar-refractivity contribution in [3.8, 4) is 0 Å². The quantitative estimate of drug-likeness (QED) is 0.655. The van der Waals surface area contributed by atoms with Crippen LogP contribution in [0.15, 0.2) is 18.2 Å². The lowest BCUT2D eigenvalue weighted by Gasteiger charge is -2.31. The van der Waals surface area contributed by atoms with E-state index in [1.54, 1.807) is 0 Å². The molecule has 1 aromatic carbocycles. The second kappa shape index (κ2) is 9.25. The van der Waals surface area contributed by atoms with Crippen molar-refractivity contribution < 1.29 is 0 Å². The standard InChI is InChI=1S/C17H29ClN2/c1-5-7-8-12-20(14(3)4)17-11-9-10-16(18)15(17)13-19-6-2/h9-11,14,19H,5-8,12-13H2,1-4H3. The highest BCUT2D eigenvalue weighted by Gasteiger charge is 2.15. The summed E-state index contributed by atoms with van der Waals surface area (Å²) >= 11 is 6.41. The largest absolute Gasteiger partial charge is 0.369 e. The first-order valence-corrected chi connectivity index (χ1v) is 8.24. The summed E-state index contributed by atoms with van der Waals surface area (Å²) in [6.45, 7) is 11.8. The van der Waals surface area contributed by atoms with E-state index in [0.717, 1.165) is 24.7 Å². The van der Waals surface area contributed by atoms with Gasteiger partial charge in [-0.1, -0.05) is 44.4 Å². The average molecular weight is 297 g/mol. The minimum Gasteiger partial charge on any atom is -0.369 e.